The summed E-state index contributed by atoms with van der Waals surface area (Å²) in [4.78, 5) is 62.0. The SMILES string of the molecule is O=C1CCC(N2C(=O)c3cccc(NC(=O)CCCCI)c3C2=O)C(=O)N1. The molecule has 0 aliphatic carbocycles. The lowest BCUT2D eigenvalue weighted by Gasteiger charge is -2.27. The molecule has 142 valence electrons. The summed E-state index contributed by atoms with van der Waals surface area (Å²) in [6, 6.07) is 3.61. The lowest BCUT2D eigenvalue weighted by atomic mass is 10.0. The molecule has 0 spiro atoms. The molecule has 1 aromatic carbocycles. The Labute approximate surface area is 169 Å². The Morgan fingerprint density at radius 2 is 1.96 bits per heavy atom. The highest BCUT2D eigenvalue weighted by molar-refractivity contribution is 14.1. The maximum Gasteiger partial charge on any atom is 0.264 e. The third-order valence-electron chi connectivity index (χ3n) is 4.53. The van der Waals surface area contributed by atoms with E-state index in [2.05, 4.69) is 33.2 Å². The zero-order chi connectivity index (χ0) is 19.6. The predicted octanol–water partition coefficient (Wildman–Crippen LogP) is 1.63. The molecule has 2 N–H and O–H groups in total. The quantitative estimate of drug-likeness (QED) is 0.277. The fourth-order valence-corrected chi connectivity index (χ4v) is 3.75. The molecule has 0 saturated carbocycles. The normalized spacial score (nSPS) is 19.1. The minimum Gasteiger partial charge on any atom is -0.325 e. The molecule has 27 heavy (non-hydrogen) atoms. The first-order valence-electron chi connectivity index (χ1n) is 8.64. The number of halogens is 1. The van der Waals surface area contributed by atoms with Gasteiger partial charge >= 0.3 is 0 Å². The molecule has 9 heteroatoms. The van der Waals surface area contributed by atoms with E-state index in [0.717, 1.165) is 22.2 Å². The summed E-state index contributed by atoms with van der Waals surface area (Å²) in [6.45, 7) is 0. The third-order valence-corrected chi connectivity index (χ3v) is 5.29. The van der Waals surface area contributed by atoms with Crippen LogP contribution in [0.3, 0.4) is 0 Å². The van der Waals surface area contributed by atoms with E-state index >= 15 is 0 Å². The van der Waals surface area contributed by atoms with Crippen LogP contribution >= 0.6 is 22.6 Å². The maximum atomic E-state index is 12.9. The number of alkyl halides is 1. The number of hydrogen-bond donors (Lipinski definition) is 2. The van der Waals surface area contributed by atoms with Crippen molar-refractivity contribution in [1.82, 2.24) is 10.2 Å². The molecule has 1 saturated heterocycles. The number of hydrogen-bond acceptors (Lipinski definition) is 5. The molecule has 0 bridgehead atoms. The first-order valence-corrected chi connectivity index (χ1v) is 10.2. The summed E-state index contributed by atoms with van der Waals surface area (Å²) in [5, 5.41) is 4.85. The Morgan fingerprint density at radius 3 is 2.67 bits per heavy atom. The summed E-state index contributed by atoms with van der Waals surface area (Å²) < 4.78 is 0.958. The van der Waals surface area contributed by atoms with E-state index in [1.807, 2.05) is 0 Å². The Hall–Kier alpha value is -2.30. The van der Waals surface area contributed by atoms with Crippen LogP contribution in [-0.2, 0) is 14.4 Å². The van der Waals surface area contributed by atoms with Crippen molar-refractivity contribution in [2.75, 3.05) is 9.74 Å². The van der Waals surface area contributed by atoms with E-state index < -0.39 is 29.7 Å². The summed E-state index contributed by atoms with van der Waals surface area (Å²) in [5.41, 5.74) is 0.504. The topological polar surface area (TPSA) is 113 Å². The second kappa shape index (κ2) is 8.15. The van der Waals surface area contributed by atoms with Gasteiger partial charge in [-0.15, -0.1) is 0 Å². The molecule has 5 amide bonds. The van der Waals surface area contributed by atoms with Gasteiger partial charge < -0.3 is 5.32 Å². The summed E-state index contributed by atoms with van der Waals surface area (Å²) in [5.74, 6) is -2.54. The maximum absolute atomic E-state index is 12.9. The minimum absolute atomic E-state index is 0.0597. The van der Waals surface area contributed by atoms with E-state index in [1.54, 1.807) is 12.1 Å². The molecule has 1 fully saturated rings. The smallest absolute Gasteiger partial charge is 0.264 e. The van der Waals surface area contributed by atoms with Crippen molar-refractivity contribution in [2.24, 2.45) is 0 Å². The molecule has 3 rings (SSSR count). The highest BCUT2D eigenvalue weighted by atomic mass is 127. The van der Waals surface area contributed by atoms with Crippen molar-refractivity contribution in [3.8, 4) is 0 Å². The van der Waals surface area contributed by atoms with E-state index in [-0.39, 0.29) is 35.6 Å². The van der Waals surface area contributed by atoms with Gasteiger partial charge in [-0.05, 0) is 35.8 Å². The van der Waals surface area contributed by atoms with E-state index in [4.69, 9.17) is 0 Å². The van der Waals surface area contributed by atoms with Gasteiger partial charge in [0.2, 0.25) is 17.7 Å². The number of carbonyl (C=O) groups excluding carboxylic acids is 5. The number of nitrogens with one attached hydrogen (secondary N) is 2. The van der Waals surface area contributed by atoms with Gasteiger partial charge in [-0.1, -0.05) is 28.7 Å². The fourth-order valence-electron chi connectivity index (χ4n) is 3.21. The van der Waals surface area contributed by atoms with Crippen LogP contribution < -0.4 is 10.6 Å². The fraction of sp³-hybridized carbons (Fsp3) is 0.389. The minimum atomic E-state index is -1.03. The number of fused-ring (bicyclic) bond motifs is 1. The van der Waals surface area contributed by atoms with E-state index in [1.165, 1.54) is 6.07 Å². The molecule has 1 atom stereocenters. The van der Waals surface area contributed by atoms with Gasteiger partial charge in [-0.25, -0.2) is 0 Å². The van der Waals surface area contributed by atoms with Gasteiger partial charge in [-0.3, -0.25) is 34.2 Å². The standard InChI is InChI=1S/C18H18IN3O5/c19-9-2-1-6-13(23)20-11-5-3-4-10-15(11)18(27)22(17(10)26)12-7-8-14(24)21-16(12)25/h3-5,12H,1-2,6-9H2,(H,20,23)(H,21,24,25). The van der Waals surface area contributed by atoms with Crippen LogP contribution in [0.15, 0.2) is 18.2 Å². The molecule has 1 aromatic rings. The molecule has 1 unspecified atom stereocenters. The lowest BCUT2D eigenvalue weighted by molar-refractivity contribution is -0.136. The lowest BCUT2D eigenvalue weighted by Crippen LogP contribution is -2.54. The second-order valence-corrected chi connectivity index (χ2v) is 7.45. The summed E-state index contributed by atoms with van der Waals surface area (Å²) in [7, 11) is 0. The number of amides is 5. The number of imide groups is 2. The second-order valence-electron chi connectivity index (χ2n) is 6.37. The summed E-state index contributed by atoms with van der Waals surface area (Å²) >= 11 is 2.24. The highest BCUT2D eigenvalue weighted by Crippen LogP contribution is 2.32. The van der Waals surface area contributed by atoms with E-state index in [0.29, 0.717) is 6.42 Å². The predicted molar refractivity (Wildman–Crippen MR) is 104 cm³/mol. The number of rotatable bonds is 6. The summed E-state index contributed by atoms with van der Waals surface area (Å²) in [6.07, 6.45) is 2.13. The monoisotopic (exact) mass is 483 g/mol. The average Bonchev–Trinajstić information content (AvgIpc) is 2.88. The third kappa shape index (κ3) is 3.87. The number of carbonyl (C=O) groups is 5. The van der Waals surface area contributed by atoms with Crippen LogP contribution in [-0.4, -0.2) is 44.9 Å². The molecule has 0 aromatic heterocycles. The van der Waals surface area contributed by atoms with Gasteiger partial charge in [0.1, 0.15) is 6.04 Å². The van der Waals surface area contributed by atoms with Crippen LogP contribution in [0.2, 0.25) is 0 Å². The van der Waals surface area contributed by atoms with Crippen molar-refractivity contribution in [1.29, 1.82) is 0 Å². The van der Waals surface area contributed by atoms with Crippen molar-refractivity contribution in [2.45, 2.75) is 38.1 Å². The van der Waals surface area contributed by atoms with Crippen LogP contribution in [0.25, 0.3) is 0 Å². The largest absolute Gasteiger partial charge is 0.325 e. The zero-order valence-electron chi connectivity index (χ0n) is 14.4. The Kier molecular flexibility index (Phi) is 5.88. The number of unbranched alkanes of at least 4 members (excludes halogenated alkanes) is 1. The van der Waals surface area contributed by atoms with Crippen molar-refractivity contribution < 1.29 is 24.0 Å². The van der Waals surface area contributed by atoms with Crippen LogP contribution in [0, 0.1) is 0 Å². The number of anilines is 1. The van der Waals surface area contributed by atoms with Gasteiger partial charge in [0.05, 0.1) is 16.8 Å². The average molecular weight is 483 g/mol. The number of piperidine rings is 1. The molecule has 2 heterocycles. The van der Waals surface area contributed by atoms with Gasteiger partial charge in [0, 0.05) is 12.8 Å². The zero-order valence-corrected chi connectivity index (χ0v) is 16.6. The van der Waals surface area contributed by atoms with Gasteiger partial charge in [0.25, 0.3) is 11.8 Å². The first kappa shape index (κ1) is 19.5. The van der Waals surface area contributed by atoms with Gasteiger partial charge in [-0.2, -0.15) is 0 Å². The van der Waals surface area contributed by atoms with Crippen LogP contribution in [0.4, 0.5) is 5.69 Å². The van der Waals surface area contributed by atoms with Crippen molar-refractivity contribution in [3.05, 3.63) is 29.3 Å². The van der Waals surface area contributed by atoms with Gasteiger partial charge in [0.15, 0.2) is 0 Å². The Bertz CT molecular complexity index is 838. The molecule has 8 nitrogen and oxygen atoms in total. The van der Waals surface area contributed by atoms with E-state index in [9.17, 15) is 24.0 Å². The Morgan fingerprint density at radius 1 is 1.19 bits per heavy atom. The molecule has 2 aliphatic heterocycles. The number of benzene rings is 1. The highest BCUT2D eigenvalue weighted by Gasteiger charge is 2.45. The molecular weight excluding hydrogens is 465 g/mol. The van der Waals surface area contributed by atoms with Crippen molar-refractivity contribution in [3.63, 3.8) is 0 Å². The molecule has 2 aliphatic rings. The molecular formula is C18H18IN3O5. The molecule has 0 radical (unpaired) electrons. The Balaban J connectivity index is 1.83. The number of nitrogens with zero attached hydrogens (tertiary/aromatic N) is 1. The van der Waals surface area contributed by atoms with Crippen LogP contribution in [0.1, 0.15) is 52.8 Å². The first-order chi connectivity index (χ1) is 12.9. The van der Waals surface area contributed by atoms with Crippen LogP contribution in [0.5, 0.6) is 0 Å². The van der Waals surface area contributed by atoms with Crippen molar-refractivity contribution >= 4 is 57.8 Å².